The molecule has 1 amide bonds. The van der Waals surface area contributed by atoms with Crippen LogP contribution in [0.2, 0.25) is 0 Å². The summed E-state index contributed by atoms with van der Waals surface area (Å²) < 4.78 is 2.21. The third-order valence-corrected chi connectivity index (χ3v) is 4.68. The molecule has 7 heteroatoms. The number of rotatable bonds is 6. The molecule has 1 aromatic heterocycles. The molecular weight excluding hydrogens is 380 g/mol. The lowest BCUT2D eigenvalue weighted by Crippen LogP contribution is -2.46. The number of nitrogens with one attached hydrogen (secondary N) is 1. The highest BCUT2D eigenvalue weighted by Crippen LogP contribution is 2.11. The van der Waals surface area contributed by atoms with Gasteiger partial charge in [0, 0.05) is 6.54 Å². The second-order valence-electron chi connectivity index (χ2n) is 7.53. The molecule has 0 fully saturated rings. The topological polar surface area (TPSA) is 86.0 Å². The van der Waals surface area contributed by atoms with Gasteiger partial charge in [0.25, 0.3) is 11.5 Å². The minimum absolute atomic E-state index is 0.0563. The van der Waals surface area contributed by atoms with Gasteiger partial charge in [-0.15, -0.1) is 0 Å². The second kappa shape index (κ2) is 8.90. The van der Waals surface area contributed by atoms with Gasteiger partial charge in [0.1, 0.15) is 0 Å². The van der Waals surface area contributed by atoms with Crippen molar-refractivity contribution in [2.45, 2.75) is 40.7 Å². The fourth-order valence-corrected chi connectivity index (χ4v) is 3.35. The van der Waals surface area contributed by atoms with E-state index in [0.717, 1.165) is 37.9 Å². The summed E-state index contributed by atoms with van der Waals surface area (Å²) >= 11 is 0. The van der Waals surface area contributed by atoms with Crippen LogP contribution in [0.4, 0.5) is 0 Å². The highest BCUT2D eigenvalue weighted by atomic mass is 16.2. The van der Waals surface area contributed by atoms with Crippen LogP contribution >= 0.6 is 0 Å². The van der Waals surface area contributed by atoms with Crippen LogP contribution in [0.1, 0.15) is 46.1 Å². The van der Waals surface area contributed by atoms with E-state index in [9.17, 15) is 14.4 Å². The molecule has 2 aromatic carbocycles. The SMILES string of the molecule is CCCNC(=O)c1nn(-c2cc(C)cc(C)c2)c(=O)n(Cc2cccc(C)c2)c1=O. The molecule has 1 heterocycles. The van der Waals surface area contributed by atoms with Crippen molar-refractivity contribution >= 4 is 5.91 Å². The lowest BCUT2D eigenvalue weighted by molar-refractivity contribution is 0.0944. The maximum absolute atomic E-state index is 13.2. The molecule has 0 saturated heterocycles. The third kappa shape index (κ3) is 4.56. The Morgan fingerprint density at radius 3 is 2.33 bits per heavy atom. The number of hydrogen-bond acceptors (Lipinski definition) is 4. The maximum atomic E-state index is 13.2. The monoisotopic (exact) mass is 406 g/mol. The molecule has 0 aliphatic heterocycles. The highest BCUT2D eigenvalue weighted by Gasteiger charge is 2.20. The van der Waals surface area contributed by atoms with Crippen molar-refractivity contribution in [3.63, 3.8) is 0 Å². The fourth-order valence-electron chi connectivity index (χ4n) is 3.35. The van der Waals surface area contributed by atoms with Crippen molar-refractivity contribution in [1.29, 1.82) is 0 Å². The van der Waals surface area contributed by atoms with Gasteiger partial charge < -0.3 is 5.32 Å². The number of nitrogens with zero attached hydrogens (tertiary/aromatic N) is 3. The highest BCUT2D eigenvalue weighted by molar-refractivity contribution is 5.91. The molecule has 0 bridgehead atoms. The fraction of sp³-hybridized carbons (Fsp3) is 0.304. The Kier molecular flexibility index (Phi) is 6.30. The first-order valence-corrected chi connectivity index (χ1v) is 9.96. The Balaban J connectivity index is 2.22. The number of benzene rings is 2. The minimum atomic E-state index is -0.698. The number of hydrogen-bond donors (Lipinski definition) is 1. The summed E-state index contributed by atoms with van der Waals surface area (Å²) in [5.41, 5.74) is 2.65. The lowest BCUT2D eigenvalue weighted by atomic mass is 10.1. The molecule has 0 unspecified atom stereocenters. The zero-order valence-corrected chi connectivity index (χ0v) is 17.7. The van der Waals surface area contributed by atoms with Crippen LogP contribution < -0.4 is 16.6 Å². The lowest BCUT2D eigenvalue weighted by Gasteiger charge is -2.13. The molecule has 0 aliphatic rings. The standard InChI is InChI=1S/C23H26N4O3/c1-5-9-24-21(28)20-22(29)26(14-18-8-6-7-15(2)11-18)23(30)27(25-20)19-12-16(3)10-17(4)13-19/h6-8,10-13H,5,9,14H2,1-4H3,(H,24,28). The number of aromatic nitrogens is 3. The van der Waals surface area contributed by atoms with Crippen LogP contribution in [0, 0.1) is 20.8 Å². The molecule has 0 aliphatic carbocycles. The summed E-state index contributed by atoms with van der Waals surface area (Å²) in [6, 6.07) is 13.1. The van der Waals surface area contributed by atoms with Crippen molar-refractivity contribution in [1.82, 2.24) is 19.7 Å². The zero-order valence-electron chi connectivity index (χ0n) is 17.7. The molecule has 1 N–H and O–H groups in total. The molecule has 0 radical (unpaired) electrons. The van der Waals surface area contributed by atoms with E-state index in [1.807, 2.05) is 58.0 Å². The summed E-state index contributed by atoms with van der Waals surface area (Å²) in [4.78, 5) is 38.9. The van der Waals surface area contributed by atoms with Crippen LogP contribution in [0.5, 0.6) is 0 Å². The first-order chi connectivity index (χ1) is 14.3. The molecule has 156 valence electrons. The predicted octanol–water partition coefficient (Wildman–Crippen LogP) is 2.51. The smallest absolute Gasteiger partial charge is 0.350 e. The number of carbonyl (C=O) groups is 1. The van der Waals surface area contributed by atoms with Gasteiger partial charge in [-0.1, -0.05) is 42.8 Å². The molecule has 7 nitrogen and oxygen atoms in total. The average Bonchev–Trinajstić information content (AvgIpc) is 2.68. The van der Waals surface area contributed by atoms with Gasteiger partial charge >= 0.3 is 5.69 Å². The van der Waals surface area contributed by atoms with E-state index in [-0.39, 0.29) is 12.2 Å². The normalized spacial score (nSPS) is 10.8. The molecular formula is C23H26N4O3. The van der Waals surface area contributed by atoms with E-state index in [2.05, 4.69) is 10.4 Å². The number of carbonyl (C=O) groups excluding carboxylic acids is 1. The van der Waals surface area contributed by atoms with Crippen LogP contribution in [0.15, 0.2) is 52.1 Å². The maximum Gasteiger partial charge on any atom is 0.352 e. The summed E-state index contributed by atoms with van der Waals surface area (Å²) in [6.07, 6.45) is 0.722. The number of aryl methyl sites for hydroxylation is 3. The molecule has 0 spiro atoms. The van der Waals surface area contributed by atoms with Gasteiger partial charge in [-0.25, -0.2) is 4.79 Å². The van der Waals surface area contributed by atoms with E-state index < -0.39 is 17.2 Å². The van der Waals surface area contributed by atoms with Crippen LogP contribution in [-0.4, -0.2) is 26.8 Å². The molecule has 0 atom stereocenters. The summed E-state index contributed by atoms with van der Waals surface area (Å²) in [6.45, 7) is 8.16. The quantitative estimate of drug-likeness (QED) is 0.682. The van der Waals surface area contributed by atoms with Crippen molar-refractivity contribution in [3.05, 3.63) is 91.3 Å². The molecule has 3 rings (SSSR count). The van der Waals surface area contributed by atoms with Gasteiger partial charge in [-0.3, -0.25) is 14.2 Å². The van der Waals surface area contributed by atoms with Crippen LogP contribution in [0.25, 0.3) is 5.69 Å². The van der Waals surface area contributed by atoms with Crippen LogP contribution in [-0.2, 0) is 6.54 Å². The van der Waals surface area contributed by atoms with Gasteiger partial charge in [-0.05, 0) is 56.0 Å². The number of amides is 1. The van der Waals surface area contributed by atoms with E-state index in [4.69, 9.17) is 0 Å². The molecule has 0 saturated carbocycles. The predicted molar refractivity (Wildman–Crippen MR) is 116 cm³/mol. The Labute approximate surface area is 175 Å². The molecule has 3 aromatic rings. The van der Waals surface area contributed by atoms with Crippen LogP contribution in [0.3, 0.4) is 0 Å². The van der Waals surface area contributed by atoms with Crippen molar-refractivity contribution < 1.29 is 4.79 Å². The van der Waals surface area contributed by atoms with E-state index >= 15 is 0 Å². The van der Waals surface area contributed by atoms with E-state index in [0.29, 0.717) is 12.2 Å². The Morgan fingerprint density at radius 1 is 1.00 bits per heavy atom. The first-order valence-electron chi connectivity index (χ1n) is 9.96. The summed E-state index contributed by atoms with van der Waals surface area (Å²) in [5.74, 6) is -0.585. The van der Waals surface area contributed by atoms with E-state index in [1.54, 1.807) is 12.1 Å². The van der Waals surface area contributed by atoms with Crippen molar-refractivity contribution in [2.24, 2.45) is 0 Å². The van der Waals surface area contributed by atoms with Crippen molar-refractivity contribution in [3.8, 4) is 5.69 Å². The minimum Gasteiger partial charge on any atom is -0.350 e. The third-order valence-electron chi connectivity index (χ3n) is 4.68. The zero-order chi connectivity index (χ0) is 21.8. The summed E-state index contributed by atoms with van der Waals surface area (Å²) in [5, 5.41) is 6.84. The Hall–Kier alpha value is -3.48. The first kappa shape index (κ1) is 21.2. The second-order valence-corrected chi connectivity index (χ2v) is 7.53. The average molecular weight is 406 g/mol. The Bertz CT molecular complexity index is 1190. The van der Waals surface area contributed by atoms with Gasteiger partial charge in [-0.2, -0.15) is 9.78 Å². The van der Waals surface area contributed by atoms with E-state index in [1.165, 1.54) is 0 Å². The van der Waals surface area contributed by atoms with Crippen molar-refractivity contribution in [2.75, 3.05) is 6.54 Å². The molecule has 30 heavy (non-hydrogen) atoms. The Morgan fingerprint density at radius 2 is 1.70 bits per heavy atom. The van der Waals surface area contributed by atoms with Gasteiger partial charge in [0.05, 0.1) is 12.2 Å². The van der Waals surface area contributed by atoms with Gasteiger partial charge in [0.15, 0.2) is 0 Å². The summed E-state index contributed by atoms with van der Waals surface area (Å²) in [7, 11) is 0. The van der Waals surface area contributed by atoms with Gasteiger partial charge in [0.2, 0.25) is 5.69 Å². The largest absolute Gasteiger partial charge is 0.352 e.